The van der Waals surface area contributed by atoms with Crippen LogP contribution in [-0.2, 0) is 0 Å². The molecule has 7 heteroatoms. The molecule has 1 aromatic heterocycles. The molecule has 4 rings (SSSR count). The molecule has 1 fully saturated rings. The van der Waals surface area contributed by atoms with Crippen LogP contribution in [0.15, 0.2) is 48.5 Å². The summed E-state index contributed by atoms with van der Waals surface area (Å²) in [5.74, 6) is 0.256. The number of carbonyl (C=O) groups is 1. The van der Waals surface area contributed by atoms with Gasteiger partial charge in [-0.05, 0) is 37.3 Å². The lowest BCUT2D eigenvalue weighted by atomic mass is 10.1. The Bertz CT molecular complexity index is 998. The summed E-state index contributed by atoms with van der Waals surface area (Å²) in [5.41, 5.74) is 0.678. The number of fused-ring (bicyclic) bond motifs is 1. The number of carbonyl (C=O) groups excluding carboxylic acids is 1. The van der Waals surface area contributed by atoms with Gasteiger partial charge < -0.3 is 9.80 Å². The lowest BCUT2D eigenvalue weighted by Gasteiger charge is -2.40. The van der Waals surface area contributed by atoms with Crippen molar-refractivity contribution in [2.45, 2.75) is 13.0 Å². The molecule has 1 aliphatic heterocycles. The number of benzene rings is 2. The minimum absolute atomic E-state index is 0.00774. The van der Waals surface area contributed by atoms with Gasteiger partial charge in [-0.3, -0.25) is 4.79 Å². The van der Waals surface area contributed by atoms with Crippen LogP contribution in [0.25, 0.3) is 10.8 Å². The molecule has 0 N–H and O–H groups in total. The maximum Gasteiger partial charge on any atom is 0.253 e. The second-order valence-corrected chi connectivity index (χ2v) is 7.02. The van der Waals surface area contributed by atoms with Crippen molar-refractivity contribution in [2.24, 2.45) is 0 Å². The van der Waals surface area contributed by atoms with Gasteiger partial charge in [0.2, 0.25) is 0 Å². The van der Waals surface area contributed by atoms with Gasteiger partial charge in [0.25, 0.3) is 5.91 Å². The van der Waals surface area contributed by atoms with E-state index in [0.29, 0.717) is 41.8 Å². The molecular formula is C20H18ClFN4O. The first-order valence-electron chi connectivity index (χ1n) is 8.77. The first-order chi connectivity index (χ1) is 13.0. The van der Waals surface area contributed by atoms with Crippen molar-refractivity contribution in [3.05, 3.63) is 65.1 Å². The van der Waals surface area contributed by atoms with E-state index in [2.05, 4.69) is 15.1 Å². The van der Waals surface area contributed by atoms with Crippen molar-refractivity contribution >= 4 is 34.1 Å². The quantitative estimate of drug-likeness (QED) is 0.674. The van der Waals surface area contributed by atoms with Crippen LogP contribution < -0.4 is 4.90 Å². The van der Waals surface area contributed by atoms with Gasteiger partial charge in [0.1, 0.15) is 5.82 Å². The normalized spacial score (nSPS) is 17.4. The highest BCUT2D eigenvalue weighted by Gasteiger charge is 2.29. The Kier molecular flexibility index (Phi) is 4.66. The molecule has 138 valence electrons. The highest BCUT2D eigenvalue weighted by Crippen LogP contribution is 2.31. The van der Waals surface area contributed by atoms with Crippen LogP contribution in [-0.4, -0.2) is 46.7 Å². The standard InChI is InChI=1S/C20H18ClFN4O/c1-13-12-25(20(27)14-5-3-2-4-6-14)9-10-26(13)19-17-11-15(22)7-8-16(17)18(21)23-24-19/h2-8,11,13H,9-10,12H2,1H3/t13-/m1/s1. The van der Waals surface area contributed by atoms with E-state index in [1.54, 1.807) is 6.07 Å². The Balaban J connectivity index is 1.61. The molecule has 1 saturated heterocycles. The van der Waals surface area contributed by atoms with Crippen molar-refractivity contribution in [3.63, 3.8) is 0 Å². The molecule has 1 atom stereocenters. The van der Waals surface area contributed by atoms with Crippen molar-refractivity contribution in [1.29, 1.82) is 0 Å². The second kappa shape index (κ2) is 7.12. The third-order valence-electron chi connectivity index (χ3n) is 4.88. The van der Waals surface area contributed by atoms with Crippen LogP contribution in [0.3, 0.4) is 0 Å². The molecule has 0 aliphatic carbocycles. The average Bonchev–Trinajstić information content (AvgIpc) is 2.69. The van der Waals surface area contributed by atoms with E-state index >= 15 is 0 Å². The zero-order valence-electron chi connectivity index (χ0n) is 14.8. The summed E-state index contributed by atoms with van der Waals surface area (Å²) in [6.45, 7) is 3.71. The van der Waals surface area contributed by atoms with E-state index in [-0.39, 0.29) is 22.9 Å². The summed E-state index contributed by atoms with van der Waals surface area (Å²) in [6, 6.07) is 13.7. The highest BCUT2D eigenvalue weighted by molar-refractivity contribution is 6.34. The number of anilines is 1. The van der Waals surface area contributed by atoms with Gasteiger partial charge >= 0.3 is 0 Å². The van der Waals surface area contributed by atoms with E-state index in [0.717, 1.165) is 0 Å². The van der Waals surface area contributed by atoms with Crippen LogP contribution >= 0.6 is 11.6 Å². The summed E-state index contributed by atoms with van der Waals surface area (Å²) in [4.78, 5) is 16.6. The molecule has 2 heterocycles. The Morgan fingerprint density at radius 3 is 2.63 bits per heavy atom. The molecule has 1 amide bonds. The van der Waals surface area contributed by atoms with Crippen LogP contribution in [0.2, 0.25) is 5.15 Å². The maximum absolute atomic E-state index is 13.8. The van der Waals surface area contributed by atoms with E-state index in [1.807, 2.05) is 42.2 Å². The minimum atomic E-state index is -0.349. The minimum Gasteiger partial charge on any atom is -0.348 e. The van der Waals surface area contributed by atoms with Gasteiger partial charge in [-0.1, -0.05) is 29.8 Å². The number of nitrogens with zero attached hydrogens (tertiary/aromatic N) is 4. The topological polar surface area (TPSA) is 49.3 Å². The van der Waals surface area contributed by atoms with Gasteiger partial charge in [-0.2, -0.15) is 0 Å². The lowest BCUT2D eigenvalue weighted by Crippen LogP contribution is -2.54. The fraction of sp³-hybridized carbons (Fsp3) is 0.250. The Hall–Kier alpha value is -2.73. The zero-order valence-corrected chi connectivity index (χ0v) is 15.5. The molecule has 0 saturated carbocycles. The largest absolute Gasteiger partial charge is 0.348 e. The van der Waals surface area contributed by atoms with Crippen molar-refractivity contribution in [1.82, 2.24) is 15.1 Å². The zero-order chi connectivity index (χ0) is 19.0. The van der Waals surface area contributed by atoms with Crippen LogP contribution in [0.1, 0.15) is 17.3 Å². The Morgan fingerprint density at radius 1 is 1.11 bits per heavy atom. The third kappa shape index (κ3) is 3.32. The summed E-state index contributed by atoms with van der Waals surface area (Å²) in [5, 5.41) is 9.79. The maximum atomic E-state index is 13.8. The van der Waals surface area contributed by atoms with Gasteiger partial charge in [-0.15, -0.1) is 10.2 Å². The first kappa shape index (κ1) is 17.7. The third-order valence-corrected chi connectivity index (χ3v) is 5.16. The van der Waals surface area contributed by atoms with Crippen LogP contribution in [0, 0.1) is 5.82 Å². The number of hydrogen-bond acceptors (Lipinski definition) is 4. The van der Waals surface area contributed by atoms with Gasteiger partial charge in [0, 0.05) is 42.0 Å². The molecule has 5 nitrogen and oxygen atoms in total. The number of amides is 1. The molecule has 0 unspecified atom stereocenters. The molecular weight excluding hydrogens is 367 g/mol. The second-order valence-electron chi connectivity index (χ2n) is 6.66. The van der Waals surface area contributed by atoms with E-state index < -0.39 is 0 Å². The first-order valence-corrected chi connectivity index (χ1v) is 9.15. The molecule has 1 aliphatic rings. The Labute approximate surface area is 161 Å². The monoisotopic (exact) mass is 384 g/mol. The average molecular weight is 385 g/mol. The number of halogens is 2. The number of aromatic nitrogens is 2. The molecule has 27 heavy (non-hydrogen) atoms. The van der Waals surface area contributed by atoms with Crippen LogP contribution in [0.4, 0.5) is 10.2 Å². The molecule has 0 spiro atoms. The van der Waals surface area contributed by atoms with E-state index in [4.69, 9.17) is 11.6 Å². The fourth-order valence-electron chi connectivity index (χ4n) is 3.51. The van der Waals surface area contributed by atoms with Crippen molar-refractivity contribution < 1.29 is 9.18 Å². The predicted molar refractivity (Wildman–Crippen MR) is 104 cm³/mol. The van der Waals surface area contributed by atoms with Crippen molar-refractivity contribution in [3.8, 4) is 0 Å². The van der Waals surface area contributed by atoms with Gasteiger partial charge in [0.05, 0.1) is 0 Å². The number of rotatable bonds is 2. The van der Waals surface area contributed by atoms with Gasteiger partial charge in [-0.25, -0.2) is 4.39 Å². The summed E-state index contributed by atoms with van der Waals surface area (Å²) in [6.07, 6.45) is 0. The Morgan fingerprint density at radius 2 is 1.89 bits per heavy atom. The summed E-state index contributed by atoms with van der Waals surface area (Å²) in [7, 11) is 0. The summed E-state index contributed by atoms with van der Waals surface area (Å²) < 4.78 is 13.8. The van der Waals surface area contributed by atoms with Crippen molar-refractivity contribution in [2.75, 3.05) is 24.5 Å². The fourth-order valence-corrected chi connectivity index (χ4v) is 3.72. The lowest BCUT2D eigenvalue weighted by molar-refractivity contribution is 0.0726. The summed E-state index contributed by atoms with van der Waals surface area (Å²) >= 11 is 6.12. The van der Waals surface area contributed by atoms with Crippen LogP contribution in [0.5, 0.6) is 0 Å². The van der Waals surface area contributed by atoms with E-state index in [9.17, 15) is 9.18 Å². The molecule has 0 bridgehead atoms. The highest BCUT2D eigenvalue weighted by atomic mass is 35.5. The predicted octanol–water partition coefficient (Wildman–Crippen LogP) is 3.77. The van der Waals surface area contributed by atoms with Gasteiger partial charge in [0.15, 0.2) is 11.0 Å². The molecule has 2 aromatic carbocycles. The number of piperazine rings is 1. The smallest absolute Gasteiger partial charge is 0.253 e. The van der Waals surface area contributed by atoms with E-state index in [1.165, 1.54) is 12.1 Å². The SMILES string of the molecule is C[C@@H]1CN(C(=O)c2ccccc2)CCN1c1nnc(Cl)c2ccc(F)cc12. The number of hydrogen-bond donors (Lipinski definition) is 0. The molecule has 0 radical (unpaired) electrons. The molecule has 3 aromatic rings.